The summed E-state index contributed by atoms with van der Waals surface area (Å²) in [5.74, 6) is 0.0438. The van der Waals surface area contributed by atoms with Gasteiger partial charge < -0.3 is 10.0 Å². The van der Waals surface area contributed by atoms with Crippen molar-refractivity contribution in [3.05, 3.63) is 20.8 Å². The van der Waals surface area contributed by atoms with E-state index in [9.17, 15) is 4.79 Å². The predicted octanol–water partition coefficient (Wildman–Crippen LogP) is 2.11. The lowest BCUT2D eigenvalue weighted by Crippen LogP contribution is -2.37. The van der Waals surface area contributed by atoms with Gasteiger partial charge in [0.1, 0.15) is 0 Å². The smallest absolute Gasteiger partial charge is 0.264 e. The van der Waals surface area contributed by atoms with E-state index in [1.54, 1.807) is 4.90 Å². The first-order valence-corrected chi connectivity index (χ1v) is 6.50. The van der Waals surface area contributed by atoms with Crippen LogP contribution in [0.15, 0.2) is 15.9 Å². The molecule has 1 aromatic heterocycles. The number of halogens is 1. The van der Waals surface area contributed by atoms with Crippen LogP contribution >= 0.6 is 27.3 Å². The maximum absolute atomic E-state index is 12.0. The van der Waals surface area contributed by atoms with Gasteiger partial charge in [-0.2, -0.15) is 0 Å². The third-order valence-electron chi connectivity index (χ3n) is 2.63. The molecule has 5 heteroatoms. The number of nitrogens with zero attached hydrogens (tertiary/aromatic N) is 1. The number of likely N-dealkylation sites (tertiary alicyclic amines) is 1. The Labute approximate surface area is 101 Å². The van der Waals surface area contributed by atoms with Crippen LogP contribution in [0.2, 0.25) is 0 Å². The van der Waals surface area contributed by atoms with Crippen molar-refractivity contribution in [2.24, 2.45) is 0 Å². The Morgan fingerprint density at radius 1 is 1.67 bits per heavy atom. The molecule has 1 fully saturated rings. The molecule has 3 nitrogen and oxygen atoms in total. The molecule has 0 aromatic carbocycles. The molecule has 1 N–H and O–H groups in total. The first kappa shape index (κ1) is 11.1. The van der Waals surface area contributed by atoms with Gasteiger partial charge in [-0.15, -0.1) is 11.3 Å². The highest BCUT2D eigenvalue weighted by Crippen LogP contribution is 2.26. The molecule has 2 rings (SSSR count). The van der Waals surface area contributed by atoms with Crippen molar-refractivity contribution in [1.82, 2.24) is 4.90 Å². The van der Waals surface area contributed by atoms with E-state index in [1.807, 2.05) is 12.1 Å². The van der Waals surface area contributed by atoms with Crippen LogP contribution in [0.3, 0.4) is 0 Å². The summed E-state index contributed by atoms with van der Waals surface area (Å²) in [6.45, 7) is 0.831. The number of carbonyl (C=O) groups excluding carboxylic acids is 1. The Morgan fingerprint density at radius 2 is 2.47 bits per heavy atom. The molecule has 0 spiro atoms. The fraction of sp³-hybridized carbons (Fsp3) is 0.500. The highest BCUT2D eigenvalue weighted by atomic mass is 79.9. The van der Waals surface area contributed by atoms with Crippen LogP contribution in [0.25, 0.3) is 0 Å². The molecule has 0 saturated carbocycles. The van der Waals surface area contributed by atoms with E-state index in [1.165, 1.54) is 11.3 Å². The highest BCUT2D eigenvalue weighted by molar-refractivity contribution is 9.11. The van der Waals surface area contributed by atoms with Crippen molar-refractivity contribution in [2.75, 3.05) is 13.2 Å². The lowest BCUT2D eigenvalue weighted by Gasteiger charge is -2.22. The fourth-order valence-corrected chi connectivity index (χ4v) is 3.21. The molecule has 1 saturated heterocycles. The third kappa shape index (κ3) is 2.24. The summed E-state index contributed by atoms with van der Waals surface area (Å²) in [5.41, 5.74) is 0. The van der Waals surface area contributed by atoms with E-state index in [0.717, 1.165) is 28.0 Å². The Balaban J connectivity index is 2.13. The largest absolute Gasteiger partial charge is 0.394 e. The van der Waals surface area contributed by atoms with Gasteiger partial charge in [-0.05, 0) is 40.9 Å². The highest BCUT2D eigenvalue weighted by Gasteiger charge is 2.29. The first-order chi connectivity index (χ1) is 7.22. The van der Waals surface area contributed by atoms with Gasteiger partial charge in [0.2, 0.25) is 0 Å². The van der Waals surface area contributed by atoms with Crippen LogP contribution in [0.4, 0.5) is 0 Å². The summed E-state index contributed by atoms with van der Waals surface area (Å²) in [7, 11) is 0. The summed E-state index contributed by atoms with van der Waals surface area (Å²) in [6.07, 6.45) is 1.90. The summed E-state index contributed by atoms with van der Waals surface area (Å²) in [5, 5.41) is 9.14. The van der Waals surface area contributed by atoms with Crippen LogP contribution in [0.1, 0.15) is 22.5 Å². The minimum Gasteiger partial charge on any atom is -0.394 e. The molecule has 0 unspecified atom stereocenters. The minimum absolute atomic E-state index is 0.0124. The standard InChI is InChI=1S/C10H12BrNO2S/c11-9-4-3-8(15-9)10(14)12-5-1-2-7(12)6-13/h3-4,7,13H,1-2,5-6H2/t7-/m1/s1. The number of carbonyl (C=O) groups is 1. The van der Waals surface area contributed by atoms with Crippen molar-refractivity contribution in [2.45, 2.75) is 18.9 Å². The SMILES string of the molecule is O=C(c1ccc(Br)s1)N1CCC[C@@H]1CO. The van der Waals surface area contributed by atoms with Gasteiger partial charge in [0.25, 0.3) is 5.91 Å². The normalized spacial score (nSPS) is 20.9. The van der Waals surface area contributed by atoms with Crippen molar-refractivity contribution < 1.29 is 9.90 Å². The molecule has 1 aliphatic heterocycles. The van der Waals surface area contributed by atoms with Crippen molar-refractivity contribution in [3.63, 3.8) is 0 Å². The first-order valence-electron chi connectivity index (χ1n) is 4.89. The number of aliphatic hydroxyl groups is 1. The zero-order valence-corrected chi connectivity index (χ0v) is 10.6. The molecule has 0 radical (unpaired) electrons. The van der Waals surface area contributed by atoms with Crippen molar-refractivity contribution in [3.8, 4) is 0 Å². The second kappa shape index (κ2) is 4.63. The summed E-state index contributed by atoms with van der Waals surface area (Å²) in [6, 6.07) is 3.71. The Bertz CT molecular complexity index is 366. The van der Waals surface area contributed by atoms with Gasteiger partial charge in [-0.1, -0.05) is 0 Å². The Hall–Kier alpha value is -0.390. The topological polar surface area (TPSA) is 40.5 Å². The maximum atomic E-state index is 12.0. The monoisotopic (exact) mass is 289 g/mol. The van der Waals surface area contributed by atoms with Crippen molar-refractivity contribution >= 4 is 33.2 Å². The Kier molecular flexibility index (Phi) is 3.43. The molecule has 1 aromatic rings. The number of rotatable bonds is 2. The molecule has 1 atom stereocenters. The minimum atomic E-state index is 0.0124. The molecule has 0 aliphatic carbocycles. The van der Waals surface area contributed by atoms with E-state index in [4.69, 9.17) is 5.11 Å². The Morgan fingerprint density at radius 3 is 3.07 bits per heavy atom. The number of amides is 1. The zero-order valence-electron chi connectivity index (χ0n) is 8.15. The number of hydrogen-bond acceptors (Lipinski definition) is 3. The molecule has 0 bridgehead atoms. The van der Waals surface area contributed by atoms with E-state index in [-0.39, 0.29) is 18.6 Å². The molecule has 15 heavy (non-hydrogen) atoms. The van der Waals surface area contributed by atoms with Gasteiger partial charge in [-0.25, -0.2) is 0 Å². The second-order valence-electron chi connectivity index (χ2n) is 3.58. The molecule has 82 valence electrons. The lowest BCUT2D eigenvalue weighted by atomic mass is 10.2. The predicted molar refractivity (Wildman–Crippen MR) is 63.2 cm³/mol. The quantitative estimate of drug-likeness (QED) is 0.906. The second-order valence-corrected chi connectivity index (χ2v) is 6.04. The van der Waals surface area contributed by atoms with Crippen LogP contribution in [0.5, 0.6) is 0 Å². The maximum Gasteiger partial charge on any atom is 0.264 e. The van der Waals surface area contributed by atoms with E-state index in [2.05, 4.69) is 15.9 Å². The summed E-state index contributed by atoms with van der Waals surface area (Å²) < 4.78 is 0.964. The molecule has 1 amide bonds. The number of thiophene rings is 1. The van der Waals surface area contributed by atoms with Gasteiger partial charge in [-0.3, -0.25) is 4.79 Å². The van der Waals surface area contributed by atoms with Crippen LogP contribution in [-0.2, 0) is 0 Å². The number of aliphatic hydroxyl groups excluding tert-OH is 1. The zero-order chi connectivity index (χ0) is 10.8. The molecule has 1 aliphatic rings. The average molecular weight is 290 g/mol. The van der Waals surface area contributed by atoms with E-state index >= 15 is 0 Å². The van der Waals surface area contributed by atoms with Crippen LogP contribution in [-0.4, -0.2) is 35.1 Å². The van der Waals surface area contributed by atoms with E-state index < -0.39 is 0 Å². The van der Waals surface area contributed by atoms with Crippen LogP contribution < -0.4 is 0 Å². The van der Waals surface area contributed by atoms with E-state index in [0.29, 0.717) is 0 Å². The molecular formula is C10H12BrNO2S. The summed E-state index contributed by atoms with van der Waals surface area (Å²) >= 11 is 4.78. The van der Waals surface area contributed by atoms with Gasteiger partial charge in [0.05, 0.1) is 21.3 Å². The average Bonchev–Trinajstić information content (AvgIpc) is 2.84. The molecular weight excluding hydrogens is 278 g/mol. The van der Waals surface area contributed by atoms with Crippen LogP contribution in [0, 0.1) is 0 Å². The van der Waals surface area contributed by atoms with Gasteiger partial charge >= 0.3 is 0 Å². The number of hydrogen-bond donors (Lipinski definition) is 1. The third-order valence-corrected chi connectivity index (χ3v) is 4.24. The summed E-state index contributed by atoms with van der Waals surface area (Å²) in [4.78, 5) is 14.5. The van der Waals surface area contributed by atoms with Crippen molar-refractivity contribution in [1.29, 1.82) is 0 Å². The molecule has 2 heterocycles. The van der Waals surface area contributed by atoms with Gasteiger partial charge in [0, 0.05) is 6.54 Å². The van der Waals surface area contributed by atoms with Gasteiger partial charge in [0.15, 0.2) is 0 Å². The fourth-order valence-electron chi connectivity index (χ4n) is 1.86. The lowest BCUT2D eigenvalue weighted by molar-refractivity contribution is 0.0682.